The molecule has 0 bridgehead atoms. The number of para-hydroxylation sites is 1. The highest BCUT2D eigenvalue weighted by molar-refractivity contribution is 7.13. The van der Waals surface area contributed by atoms with Crippen molar-refractivity contribution in [3.8, 4) is 10.6 Å². The van der Waals surface area contributed by atoms with Crippen LogP contribution >= 0.6 is 22.9 Å². The minimum atomic E-state index is 0.0121. The predicted molar refractivity (Wildman–Crippen MR) is 113 cm³/mol. The number of halogens is 1. The number of anilines is 1. The summed E-state index contributed by atoms with van der Waals surface area (Å²) < 4.78 is 0. The van der Waals surface area contributed by atoms with Gasteiger partial charge < -0.3 is 10.2 Å². The molecule has 0 radical (unpaired) electrons. The molecule has 1 unspecified atom stereocenters. The molecule has 0 aliphatic heterocycles. The Morgan fingerprint density at radius 1 is 1.15 bits per heavy atom. The number of likely N-dealkylation sites (N-methyl/N-ethyl adjacent to an activating group) is 1. The first-order chi connectivity index (χ1) is 12.9. The fourth-order valence-corrected chi connectivity index (χ4v) is 3.91. The van der Waals surface area contributed by atoms with Crippen molar-refractivity contribution < 1.29 is 9.69 Å². The summed E-state index contributed by atoms with van der Waals surface area (Å²) in [6, 6.07) is 13.7. The van der Waals surface area contributed by atoms with Gasteiger partial charge in [0.1, 0.15) is 17.2 Å². The van der Waals surface area contributed by atoms with E-state index in [-0.39, 0.29) is 5.91 Å². The smallest absolute Gasteiger partial charge is 0.279 e. The number of carbonyl (C=O) groups is 1. The molecule has 3 aromatic rings. The van der Waals surface area contributed by atoms with E-state index in [2.05, 4.69) is 10.7 Å². The summed E-state index contributed by atoms with van der Waals surface area (Å²) in [7, 11) is 2.01. The van der Waals surface area contributed by atoms with E-state index in [4.69, 9.17) is 16.6 Å². The van der Waals surface area contributed by atoms with Crippen LogP contribution in [-0.4, -0.2) is 24.5 Å². The van der Waals surface area contributed by atoms with Crippen LogP contribution in [0.2, 0.25) is 5.02 Å². The summed E-state index contributed by atoms with van der Waals surface area (Å²) in [5, 5.41) is 6.78. The highest BCUT2D eigenvalue weighted by Crippen LogP contribution is 2.24. The summed E-state index contributed by atoms with van der Waals surface area (Å²) in [5.41, 5.74) is 5.11. The number of aromatic nitrogens is 1. The lowest BCUT2D eigenvalue weighted by molar-refractivity contribution is -0.885. The Hall–Kier alpha value is -2.21. The average molecular weight is 401 g/mol. The van der Waals surface area contributed by atoms with Crippen LogP contribution in [0, 0.1) is 13.8 Å². The molecule has 1 heterocycles. The Bertz CT molecular complexity index is 917. The second-order valence-corrected chi connectivity index (χ2v) is 8.07. The van der Waals surface area contributed by atoms with E-state index >= 15 is 0 Å². The maximum Gasteiger partial charge on any atom is 0.279 e. The van der Waals surface area contributed by atoms with E-state index < -0.39 is 0 Å². The maximum atomic E-state index is 12.4. The molecule has 27 heavy (non-hydrogen) atoms. The van der Waals surface area contributed by atoms with Gasteiger partial charge in [0.05, 0.1) is 7.05 Å². The molecule has 140 valence electrons. The van der Waals surface area contributed by atoms with Crippen LogP contribution in [-0.2, 0) is 11.3 Å². The highest BCUT2D eigenvalue weighted by atomic mass is 35.5. The highest BCUT2D eigenvalue weighted by Gasteiger charge is 2.15. The number of aryl methyl sites for hydroxylation is 2. The SMILES string of the molecule is Cc1cccc(C)c1NC(=O)C[NH+](C)Cc1csc(-c2ccc(Cl)cc2)n1. The number of rotatable bonds is 6. The summed E-state index contributed by atoms with van der Waals surface area (Å²) >= 11 is 7.55. The molecule has 4 nitrogen and oxygen atoms in total. The summed E-state index contributed by atoms with van der Waals surface area (Å²) in [4.78, 5) is 18.2. The van der Waals surface area contributed by atoms with Crippen LogP contribution in [0.4, 0.5) is 5.69 Å². The van der Waals surface area contributed by atoms with Gasteiger partial charge in [-0.3, -0.25) is 4.79 Å². The average Bonchev–Trinajstić information content (AvgIpc) is 3.07. The van der Waals surface area contributed by atoms with Crippen LogP contribution in [0.1, 0.15) is 16.8 Å². The molecule has 1 atom stereocenters. The van der Waals surface area contributed by atoms with Crippen molar-refractivity contribution in [2.75, 3.05) is 18.9 Å². The largest absolute Gasteiger partial charge is 0.325 e. The van der Waals surface area contributed by atoms with Crippen LogP contribution in [0.15, 0.2) is 47.8 Å². The van der Waals surface area contributed by atoms with Gasteiger partial charge in [-0.25, -0.2) is 4.98 Å². The van der Waals surface area contributed by atoms with Crippen molar-refractivity contribution in [3.63, 3.8) is 0 Å². The standard InChI is InChI=1S/C21H22ClN3OS/c1-14-5-4-6-15(2)20(14)24-19(26)12-25(3)11-18-13-27-21(23-18)16-7-9-17(22)10-8-16/h4-10,13H,11-12H2,1-3H3,(H,24,26)/p+1. The van der Waals surface area contributed by atoms with Crippen LogP contribution < -0.4 is 10.2 Å². The number of amides is 1. The first-order valence-corrected chi connectivity index (χ1v) is 10.1. The van der Waals surface area contributed by atoms with Gasteiger partial charge >= 0.3 is 0 Å². The summed E-state index contributed by atoms with van der Waals surface area (Å²) in [6.07, 6.45) is 0. The van der Waals surface area contributed by atoms with Gasteiger partial charge in [-0.05, 0) is 37.1 Å². The Balaban J connectivity index is 1.58. The van der Waals surface area contributed by atoms with E-state index in [0.29, 0.717) is 13.1 Å². The minimum Gasteiger partial charge on any atom is -0.325 e. The van der Waals surface area contributed by atoms with Crippen molar-refractivity contribution >= 4 is 34.5 Å². The lowest BCUT2D eigenvalue weighted by Gasteiger charge is -2.15. The summed E-state index contributed by atoms with van der Waals surface area (Å²) in [6.45, 7) is 5.10. The first-order valence-electron chi connectivity index (χ1n) is 8.80. The monoisotopic (exact) mass is 400 g/mol. The zero-order chi connectivity index (χ0) is 19.4. The molecular formula is C21H23ClN3OS+. The van der Waals surface area contributed by atoms with Crippen molar-refractivity contribution in [3.05, 3.63) is 69.7 Å². The second-order valence-electron chi connectivity index (χ2n) is 6.78. The number of quaternary nitrogens is 1. The third-order valence-electron chi connectivity index (χ3n) is 4.33. The zero-order valence-electron chi connectivity index (χ0n) is 15.7. The van der Waals surface area contributed by atoms with Gasteiger partial charge in [-0.15, -0.1) is 11.3 Å². The third kappa shape index (κ3) is 5.16. The molecule has 6 heteroatoms. The van der Waals surface area contributed by atoms with Crippen molar-refractivity contribution in [2.24, 2.45) is 0 Å². The minimum absolute atomic E-state index is 0.0121. The van der Waals surface area contributed by atoms with E-state index in [9.17, 15) is 4.79 Å². The number of hydrogen-bond acceptors (Lipinski definition) is 3. The quantitative estimate of drug-likeness (QED) is 0.662. The number of nitrogens with one attached hydrogen (secondary N) is 2. The third-order valence-corrected chi connectivity index (χ3v) is 5.53. The molecule has 0 aliphatic rings. The number of benzene rings is 2. The molecule has 0 fully saturated rings. The molecule has 2 aromatic carbocycles. The lowest BCUT2D eigenvalue weighted by atomic mass is 10.1. The van der Waals surface area contributed by atoms with Crippen molar-refractivity contribution in [2.45, 2.75) is 20.4 Å². The van der Waals surface area contributed by atoms with Crippen LogP contribution in [0.25, 0.3) is 10.6 Å². The Morgan fingerprint density at radius 2 is 1.81 bits per heavy atom. The molecule has 0 spiro atoms. The number of nitrogens with zero attached hydrogens (tertiary/aromatic N) is 1. The second kappa shape index (κ2) is 8.65. The summed E-state index contributed by atoms with van der Waals surface area (Å²) in [5.74, 6) is 0.0121. The van der Waals surface area contributed by atoms with E-state index in [1.807, 2.05) is 63.4 Å². The van der Waals surface area contributed by atoms with Gasteiger partial charge in [0, 0.05) is 21.7 Å². The topological polar surface area (TPSA) is 46.4 Å². The lowest BCUT2D eigenvalue weighted by Crippen LogP contribution is -3.08. The Kier molecular flexibility index (Phi) is 6.26. The molecule has 1 aromatic heterocycles. The van der Waals surface area contributed by atoms with Gasteiger partial charge in [-0.1, -0.05) is 41.9 Å². The molecular weight excluding hydrogens is 378 g/mol. The Labute approximate surface area is 168 Å². The van der Waals surface area contributed by atoms with E-state index in [1.54, 1.807) is 11.3 Å². The fourth-order valence-electron chi connectivity index (χ4n) is 2.95. The zero-order valence-corrected chi connectivity index (χ0v) is 17.2. The predicted octanol–water partition coefficient (Wildman–Crippen LogP) is 3.73. The van der Waals surface area contributed by atoms with Gasteiger partial charge in [0.2, 0.25) is 0 Å². The maximum absolute atomic E-state index is 12.4. The van der Waals surface area contributed by atoms with E-state index in [1.165, 1.54) is 0 Å². The van der Waals surface area contributed by atoms with Crippen molar-refractivity contribution in [1.82, 2.24) is 4.98 Å². The van der Waals surface area contributed by atoms with Crippen LogP contribution in [0.5, 0.6) is 0 Å². The number of carbonyl (C=O) groups excluding carboxylic acids is 1. The Morgan fingerprint density at radius 3 is 2.48 bits per heavy atom. The van der Waals surface area contributed by atoms with Crippen LogP contribution in [0.3, 0.4) is 0 Å². The normalized spacial score (nSPS) is 12.0. The van der Waals surface area contributed by atoms with Gasteiger partial charge in [0.25, 0.3) is 5.91 Å². The molecule has 3 rings (SSSR count). The van der Waals surface area contributed by atoms with E-state index in [0.717, 1.165) is 43.0 Å². The molecule has 0 aliphatic carbocycles. The molecule has 0 saturated heterocycles. The number of thiazole rings is 1. The first kappa shape index (κ1) is 19.5. The van der Waals surface area contributed by atoms with Gasteiger partial charge in [-0.2, -0.15) is 0 Å². The number of hydrogen-bond donors (Lipinski definition) is 2. The molecule has 1 amide bonds. The molecule has 0 saturated carbocycles. The van der Waals surface area contributed by atoms with Gasteiger partial charge in [0.15, 0.2) is 6.54 Å². The fraction of sp³-hybridized carbons (Fsp3) is 0.238. The molecule has 2 N–H and O–H groups in total. The van der Waals surface area contributed by atoms with Crippen molar-refractivity contribution in [1.29, 1.82) is 0 Å².